The molecular weight excluding hydrogens is 176 g/mol. The molecule has 0 bridgehead atoms. The van der Waals surface area contributed by atoms with E-state index in [2.05, 4.69) is 32.6 Å². The third-order valence-electron chi connectivity index (χ3n) is 3.34. The van der Waals surface area contributed by atoms with Crippen LogP contribution in [-0.4, -0.2) is 47.4 Å². The van der Waals surface area contributed by atoms with E-state index in [0.717, 1.165) is 26.1 Å². The van der Waals surface area contributed by atoms with Crippen molar-refractivity contribution < 1.29 is 4.79 Å². The maximum atomic E-state index is 11.9. The Labute approximate surface area is 87.1 Å². The lowest BCUT2D eigenvalue weighted by Crippen LogP contribution is -2.57. The Morgan fingerprint density at radius 2 is 1.93 bits per heavy atom. The predicted octanol–water partition coefficient (Wildman–Crippen LogP) is 1.34. The summed E-state index contributed by atoms with van der Waals surface area (Å²) >= 11 is 0. The number of hydrogen-bond donors (Lipinski definition) is 0. The molecule has 0 unspecified atom stereocenters. The average Bonchev–Trinajstić information content (AvgIpc) is 2.17. The summed E-state index contributed by atoms with van der Waals surface area (Å²) in [6.45, 7) is 12.0. The molecular formula is C11H22N2O. The van der Waals surface area contributed by atoms with E-state index in [1.165, 1.54) is 0 Å². The van der Waals surface area contributed by atoms with Gasteiger partial charge in [-0.3, -0.25) is 9.69 Å². The fourth-order valence-electron chi connectivity index (χ4n) is 1.82. The summed E-state index contributed by atoms with van der Waals surface area (Å²) in [4.78, 5) is 16.1. The van der Waals surface area contributed by atoms with Gasteiger partial charge >= 0.3 is 0 Å². The van der Waals surface area contributed by atoms with Crippen LogP contribution in [0.3, 0.4) is 0 Å². The second-order valence-electron chi connectivity index (χ2n) is 4.58. The van der Waals surface area contributed by atoms with Crippen LogP contribution in [0.4, 0.5) is 0 Å². The van der Waals surface area contributed by atoms with Crippen molar-refractivity contribution in [2.75, 3.05) is 26.2 Å². The fourth-order valence-corrected chi connectivity index (χ4v) is 1.82. The van der Waals surface area contributed by atoms with Gasteiger partial charge in [0, 0.05) is 18.6 Å². The van der Waals surface area contributed by atoms with Crippen molar-refractivity contribution in [1.82, 2.24) is 9.80 Å². The highest BCUT2D eigenvalue weighted by Crippen LogP contribution is 2.20. The first kappa shape index (κ1) is 11.5. The van der Waals surface area contributed by atoms with Gasteiger partial charge in [0.25, 0.3) is 0 Å². The van der Waals surface area contributed by atoms with E-state index in [9.17, 15) is 4.79 Å². The van der Waals surface area contributed by atoms with Gasteiger partial charge in [0.05, 0.1) is 6.54 Å². The quantitative estimate of drug-likeness (QED) is 0.683. The Hall–Kier alpha value is -0.570. The number of nitrogens with zero attached hydrogens (tertiary/aromatic N) is 2. The number of carbonyl (C=O) groups is 1. The molecule has 14 heavy (non-hydrogen) atoms. The lowest BCUT2D eigenvalue weighted by atomic mass is 9.98. The zero-order valence-corrected chi connectivity index (χ0v) is 9.84. The lowest BCUT2D eigenvalue weighted by molar-refractivity contribution is -0.142. The van der Waals surface area contributed by atoms with E-state index >= 15 is 0 Å². The molecule has 0 spiro atoms. The van der Waals surface area contributed by atoms with Gasteiger partial charge in [0.1, 0.15) is 0 Å². The van der Waals surface area contributed by atoms with Crippen LogP contribution in [0, 0.1) is 0 Å². The highest BCUT2D eigenvalue weighted by Gasteiger charge is 2.32. The summed E-state index contributed by atoms with van der Waals surface area (Å²) in [5.41, 5.74) is 0.0247. The Balaban J connectivity index is 2.62. The SMILES string of the molecule is CCN1CCN(C(C)(C)CC)C(=O)C1. The number of rotatable bonds is 3. The molecule has 0 aromatic carbocycles. The maximum Gasteiger partial charge on any atom is 0.237 e. The minimum absolute atomic E-state index is 0.0247. The van der Waals surface area contributed by atoms with Gasteiger partial charge in [-0.05, 0) is 26.8 Å². The maximum absolute atomic E-state index is 11.9. The standard InChI is InChI=1S/C11H22N2O/c1-5-11(3,4)13-8-7-12(6-2)9-10(13)14/h5-9H2,1-4H3. The molecule has 1 rings (SSSR count). The molecule has 3 nitrogen and oxygen atoms in total. The molecule has 0 aliphatic carbocycles. The van der Waals surface area contributed by atoms with E-state index in [1.54, 1.807) is 0 Å². The van der Waals surface area contributed by atoms with Crippen molar-refractivity contribution in [3.05, 3.63) is 0 Å². The van der Waals surface area contributed by atoms with E-state index < -0.39 is 0 Å². The van der Waals surface area contributed by atoms with E-state index in [0.29, 0.717) is 6.54 Å². The van der Waals surface area contributed by atoms with Gasteiger partial charge < -0.3 is 4.90 Å². The minimum atomic E-state index is 0.0247. The largest absolute Gasteiger partial charge is 0.335 e. The van der Waals surface area contributed by atoms with Gasteiger partial charge in [-0.15, -0.1) is 0 Å². The molecule has 0 aromatic heterocycles. The molecule has 1 aliphatic rings. The zero-order chi connectivity index (χ0) is 10.8. The van der Waals surface area contributed by atoms with Crippen molar-refractivity contribution in [2.24, 2.45) is 0 Å². The lowest BCUT2D eigenvalue weighted by Gasteiger charge is -2.43. The highest BCUT2D eigenvalue weighted by atomic mass is 16.2. The minimum Gasteiger partial charge on any atom is -0.335 e. The van der Waals surface area contributed by atoms with Crippen LogP contribution in [0.1, 0.15) is 34.1 Å². The van der Waals surface area contributed by atoms with Crippen molar-refractivity contribution in [2.45, 2.75) is 39.7 Å². The Kier molecular flexibility index (Phi) is 3.53. The molecule has 0 saturated carbocycles. The number of hydrogen-bond acceptors (Lipinski definition) is 2. The van der Waals surface area contributed by atoms with Crippen molar-refractivity contribution in [3.8, 4) is 0 Å². The van der Waals surface area contributed by atoms with Gasteiger partial charge in [-0.2, -0.15) is 0 Å². The van der Waals surface area contributed by atoms with Crippen molar-refractivity contribution >= 4 is 5.91 Å². The van der Waals surface area contributed by atoms with Crippen molar-refractivity contribution in [3.63, 3.8) is 0 Å². The molecule has 0 N–H and O–H groups in total. The van der Waals surface area contributed by atoms with Crippen LogP contribution >= 0.6 is 0 Å². The smallest absolute Gasteiger partial charge is 0.237 e. The van der Waals surface area contributed by atoms with Crippen LogP contribution in [0.2, 0.25) is 0 Å². The topological polar surface area (TPSA) is 23.6 Å². The number of carbonyl (C=O) groups excluding carboxylic acids is 1. The summed E-state index contributed by atoms with van der Waals surface area (Å²) < 4.78 is 0. The molecule has 3 heteroatoms. The first-order valence-electron chi connectivity index (χ1n) is 5.54. The number of amides is 1. The summed E-state index contributed by atoms with van der Waals surface area (Å²) in [6, 6.07) is 0. The molecule has 1 heterocycles. The summed E-state index contributed by atoms with van der Waals surface area (Å²) in [7, 11) is 0. The van der Waals surface area contributed by atoms with Crippen LogP contribution in [-0.2, 0) is 4.79 Å². The molecule has 1 saturated heterocycles. The Morgan fingerprint density at radius 3 is 2.36 bits per heavy atom. The van der Waals surface area contributed by atoms with Gasteiger partial charge in [-0.25, -0.2) is 0 Å². The number of piperazine rings is 1. The van der Waals surface area contributed by atoms with Gasteiger partial charge in [0.2, 0.25) is 5.91 Å². The summed E-state index contributed by atoms with van der Waals surface area (Å²) in [6.07, 6.45) is 1.02. The third-order valence-corrected chi connectivity index (χ3v) is 3.34. The summed E-state index contributed by atoms with van der Waals surface area (Å²) in [5.74, 6) is 0.282. The predicted molar refractivity (Wildman–Crippen MR) is 58.2 cm³/mol. The first-order valence-corrected chi connectivity index (χ1v) is 5.54. The van der Waals surface area contributed by atoms with Crippen LogP contribution in [0.15, 0.2) is 0 Å². The van der Waals surface area contributed by atoms with Gasteiger partial charge in [-0.1, -0.05) is 13.8 Å². The van der Waals surface area contributed by atoms with Crippen molar-refractivity contribution in [1.29, 1.82) is 0 Å². The highest BCUT2D eigenvalue weighted by molar-refractivity contribution is 5.79. The number of likely N-dealkylation sites (N-methyl/N-ethyl adjacent to an activating group) is 1. The van der Waals surface area contributed by atoms with Crippen LogP contribution in [0.25, 0.3) is 0 Å². The third kappa shape index (κ3) is 2.27. The monoisotopic (exact) mass is 198 g/mol. The summed E-state index contributed by atoms with van der Waals surface area (Å²) in [5, 5.41) is 0. The first-order chi connectivity index (χ1) is 6.51. The average molecular weight is 198 g/mol. The van der Waals surface area contributed by atoms with Crippen LogP contribution < -0.4 is 0 Å². The fraction of sp³-hybridized carbons (Fsp3) is 0.909. The molecule has 82 valence electrons. The normalized spacial score (nSPS) is 20.3. The second-order valence-corrected chi connectivity index (χ2v) is 4.58. The molecule has 1 aliphatic heterocycles. The van der Waals surface area contributed by atoms with Crippen LogP contribution in [0.5, 0.6) is 0 Å². The molecule has 0 aromatic rings. The Bertz CT molecular complexity index is 213. The van der Waals surface area contributed by atoms with Gasteiger partial charge in [0.15, 0.2) is 0 Å². The zero-order valence-electron chi connectivity index (χ0n) is 9.84. The Morgan fingerprint density at radius 1 is 1.29 bits per heavy atom. The second kappa shape index (κ2) is 4.30. The molecule has 0 radical (unpaired) electrons. The molecule has 0 atom stereocenters. The van der Waals surface area contributed by atoms with E-state index in [1.807, 2.05) is 4.90 Å². The molecule has 1 amide bonds. The van der Waals surface area contributed by atoms with E-state index in [-0.39, 0.29) is 11.4 Å². The van der Waals surface area contributed by atoms with E-state index in [4.69, 9.17) is 0 Å². The molecule has 1 fully saturated rings.